The third-order valence-corrected chi connectivity index (χ3v) is 3.01. The minimum atomic E-state index is 0.600. The number of para-hydroxylation sites is 1. The Bertz CT molecular complexity index is 462. The van der Waals surface area contributed by atoms with Crippen LogP contribution in [0, 0.1) is 6.92 Å². The van der Waals surface area contributed by atoms with Gasteiger partial charge in [-0.15, -0.1) is 0 Å². The van der Waals surface area contributed by atoms with Crippen LogP contribution in [0.5, 0.6) is 5.75 Å². The minimum Gasteiger partial charge on any atom is -0.488 e. The Balaban J connectivity index is 2.02. The monoisotopic (exact) mass is 276 g/mol. The molecule has 0 amide bonds. The number of aryl methyl sites for hydroxylation is 1. The van der Waals surface area contributed by atoms with Gasteiger partial charge in [-0.1, -0.05) is 42.0 Å². The summed E-state index contributed by atoms with van der Waals surface area (Å²) >= 11 is 3.46. The van der Waals surface area contributed by atoms with E-state index in [1.54, 1.807) is 0 Å². The van der Waals surface area contributed by atoms with E-state index in [4.69, 9.17) is 4.74 Å². The second-order valence-corrected chi connectivity index (χ2v) is 4.56. The normalized spacial score (nSPS) is 10.1. The molecule has 0 saturated heterocycles. The summed E-state index contributed by atoms with van der Waals surface area (Å²) in [5.41, 5.74) is 2.45. The molecule has 0 atom stereocenters. The van der Waals surface area contributed by atoms with E-state index in [1.807, 2.05) is 24.3 Å². The number of hydrogen-bond acceptors (Lipinski definition) is 1. The van der Waals surface area contributed by atoms with Crippen molar-refractivity contribution in [1.82, 2.24) is 0 Å². The van der Waals surface area contributed by atoms with E-state index in [9.17, 15) is 0 Å². The fourth-order valence-corrected chi connectivity index (χ4v) is 1.81. The van der Waals surface area contributed by atoms with Crippen LogP contribution in [0.25, 0.3) is 0 Å². The van der Waals surface area contributed by atoms with Gasteiger partial charge in [0.2, 0.25) is 0 Å². The highest BCUT2D eigenvalue weighted by Crippen LogP contribution is 2.24. The summed E-state index contributed by atoms with van der Waals surface area (Å²) in [5.74, 6) is 0.878. The highest BCUT2D eigenvalue weighted by atomic mass is 79.9. The molecule has 2 rings (SSSR count). The van der Waals surface area contributed by atoms with E-state index in [-0.39, 0.29) is 0 Å². The minimum absolute atomic E-state index is 0.600. The molecule has 0 radical (unpaired) electrons. The van der Waals surface area contributed by atoms with Crippen LogP contribution in [0.3, 0.4) is 0 Å². The second-order valence-electron chi connectivity index (χ2n) is 3.70. The van der Waals surface area contributed by atoms with Gasteiger partial charge in [-0.25, -0.2) is 0 Å². The smallest absolute Gasteiger partial charge is 0.133 e. The summed E-state index contributed by atoms with van der Waals surface area (Å²) < 4.78 is 6.70. The van der Waals surface area contributed by atoms with Gasteiger partial charge in [-0.3, -0.25) is 0 Å². The van der Waals surface area contributed by atoms with Crippen LogP contribution in [0.2, 0.25) is 0 Å². The molecule has 2 aromatic carbocycles. The summed E-state index contributed by atoms with van der Waals surface area (Å²) in [6, 6.07) is 16.2. The van der Waals surface area contributed by atoms with Gasteiger partial charge < -0.3 is 4.74 Å². The molecule has 82 valence electrons. The molecule has 0 fully saturated rings. The molecule has 0 spiro atoms. The van der Waals surface area contributed by atoms with Crippen molar-refractivity contribution in [3.8, 4) is 5.75 Å². The number of hydrogen-bond donors (Lipinski definition) is 0. The standard InChI is InChI=1S/C14H13BrO/c1-11-6-8-12(9-7-11)10-16-14-5-3-2-4-13(14)15/h2-9H,10H2,1H3. The van der Waals surface area contributed by atoms with Crippen LogP contribution in [-0.2, 0) is 6.61 Å². The molecule has 0 bridgehead atoms. The molecule has 0 unspecified atom stereocenters. The molecule has 16 heavy (non-hydrogen) atoms. The van der Waals surface area contributed by atoms with Crippen molar-refractivity contribution < 1.29 is 4.74 Å². The highest BCUT2D eigenvalue weighted by molar-refractivity contribution is 9.10. The Labute approximate surface area is 104 Å². The van der Waals surface area contributed by atoms with E-state index >= 15 is 0 Å². The lowest BCUT2D eigenvalue weighted by molar-refractivity contribution is 0.304. The maximum absolute atomic E-state index is 5.72. The Morgan fingerprint density at radius 3 is 2.38 bits per heavy atom. The second kappa shape index (κ2) is 5.17. The van der Waals surface area contributed by atoms with Crippen molar-refractivity contribution in [1.29, 1.82) is 0 Å². The van der Waals surface area contributed by atoms with E-state index in [1.165, 1.54) is 11.1 Å². The van der Waals surface area contributed by atoms with Crippen LogP contribution in [0.4, 0.5) is 0 Å². The molecule has 2 aromatic rings. The van der Waals surface area contributed by atoms with Crippen molar-refractivity contribution in [3.05, 3.63) is 64.1 Å². The van der Waals surface area contributed by atoms with Crippen molar-refractivity contribution in [2.45, 2.75) is 13.5 Å². The lowest BCUT2D eigenvalue weighted by Crippen LogP contribution is -1.95. The van der Waals surface area contributed by atoms with Gasteiger partial charge in [0.25, 0.3) is 0 Å². The van der Waals surface area contributed by atoms with Crippen molar-refractivity contribution >= 4 is 15.9 Å². The Hall–Kier alpha value is -1.28. The van der Waals surface area contributed by atoms with Crippen LogP contribution in [-0.4, -0.2) is 0 Å². The first kappa shape index (κ1) is 11.2. The lowest BCUT2D eigenvalue weighted by atomic mass is 10.2. The Morgan fingerprint density at radius 2 is 1.69 bits per heavy atom. The predicted molar refractivity (Wildman–Crippen MR) is 69.7 cm³/mol. The molecule has 0 saturated carbocycles. The zero-order valence-electron chi connectivity index (χ0n) is 9.11. The number of halogens is 1. The zero-order chi connectivity index (χ0) is 11.4. The van der Waals surface area contributed by atoms with E-state index in [0.29, 0.717) is 6.61 Å². The average Bonchev–Trinajstić information content (AvgIpc) is 2.30. The lowest BCUT2D eigenvalue weighted by Gasteiger charge is -2.08. The van der Waals surface area contributed by atoms with Crippen molar-refractivity contribution in [3.63, 3.8) is 0 Å². The Kier molecular flexibility index (Phi) is 3.62. The largest absolute Gasteiger partial charge is 0.488 e. The summed E-state index contributed by atoms with van der Waals surface area (Å²) in [6.45, 7) is 2.68. The fraction of sp³-hybridized carbons (Fsp3) is 0.143. The van der Waals surface area contributed by atoms with Gasteiger partial charge in [-0.2, -0.15) is 0 Å². The van der Waals surface area contributed by atoms with Crippen molar-refractivity contribution in [2.24, 2.45) is 0 Å². The molecule has 2 heteroatoms. The van der Waals surface area contributed by atoms with E-state index in [0.717, 1.165) is 10.2 Å². The van der Waals surface area contributed by atoms with Crippen LogP contribution < -0.4 is 4.74 Å². The van der Waals surface area contributed by atoms with E-state index in [2.05, 4.69) is 47.1 Å². The predicted octanol–water partition coefficient (Wildman–Crippen LogP) is 4.34. The average molecular weight is 277 g/mol. The quantitative estimate of drug-likeness (QED) is 0.811. The van der Waals surface area contributed by atoms with Gasteiger partial charge in [0.1, 0.15) is 12.4 Å². The van der Waals surface area contributed by atoms with Crippen LogP contribution in [0.15, 0.2) is 53.0 Å². The maximum Gasteiger partial charge on any atom is 0.133 e. The first-order valence-electron chi connectivity index (χ1n) is 5.18. The third-order valence-electron chi connectivity index (χ3n) is 2.35. The summed E-state index contributed by atoms with van der Waals surface area (Å²) in [5, 5.41) is 0. The molecule has 1 nitrogen and oxygen atoms in total. The number of rotatable bonds is 3. The third kappa shape index (κ3) is 2.86. The fourth-order valence-electron chi connectivity index (χ4n) is 1.41. The zero-order valence-corrected chi connectivity index (χ0v) is 10.7. The molecule has 0 heterocycles. The first-order chi connectivity index (χ1) is 7.75. The van der Waals surface area contributed by atoms with Gasteiger partial charge in [0.05, 0.1) is 4.47 Å². The first-order valence-corrected chi connectivity index (χ1v) is 5.98. The molecule has 0 aliphatic carbocycles. The maximum atomic E-state index is 5.72. The van der Waals surface area contributed by atoms with Crippen LogP contribution in [0.1, 0.15) is 11.1 Å². The van der Waals surface area contributed by atoms with Gasteiger partial charge in [0.15, 0.2) is 0 Å². The van der Waals surface area contributed by atoms with E-state index < -0.39 is 0 Å². The number of ether oxygens (including phenoxy) is 1. The summed E-state index contributed by atoms with van der Waals surface area (Å²) in [6.07, 6.45) is 0. The topological polar surface area (TPSA) is 9.23 Å². The summed E-state index contributed by atoms with van der Waals surface area (Å²) in [4.78, 5) is 0. The number of benzene rings is 2. The summed E-state index contributed by atoms with van der Waals surface area (Å²) in [7, 11) is 0. The van der Waals surface area contributed by atoms with Gasteiger partial charge in [-0.05, 0) is 40.5 Å². The molecular formula is C14H13BrO. The SMILES string of the molecule is Cc1ccc(COc2ccccc2Br)cc1. The molecule has 0 aliphatic rings. The molecule has 0 aliphatic heterocycles. The molecular weight excluding hydrogens is 264 g/mol. The highest BCUT2D eigenvalue weighted by Gasteiger charge is 1.99. The molecule has 0 aromatic heterocycles. The Morgan fingerprint density at radius 1 is 1.00 bits per heavy atom. The molecule has 0 N–H and O–H groups in total. The van der Waals surface area contributed by atoms with Gasteiger partial charge in [0, 0.05) is 0 Å². The van der Waals surface area contributed by atoms with Crippen LogP contribution >= 0.6 is 15.9 Å². The van der Waals surface area contributed by atoms with Gasteiger partial charge >= 0.3 is 0 Å². The van der Waals surface area contributed by atoms with Crippen molar-refractivity contribution in [2.75, 3.05) is 0 Å².